The zero-order valence-electron chi connectivity index (χ0n) is 18.7. The third-order valence-corrected chi connectivity index (χ3v) is 6.02. The van der Waals surface area contributed by atoms with Crippen molar-refractivity contribution in [3.8, 4) is 16.3 Å². The second kappa shape index (κ2) is 9.63. The quantitative estimate of drug-likeness (QED) is 0.389. The fourth-order valence-corrected chi connectivity index (χ4v) is 4.29. The number of nitrogens with one attached hydrogen (secondary N) is 2. The highest BCUT2D eigenvalue weighted by atomic mass is 32.1. The average Bonchev–Trinajstić information content (AvgIpc) is 3.36. The highest BCUT2D eigenvalue weighted by molar-refractivity contribution is 7.80. The number of amides is 1. The summed E-state index contributed by atoms with van der Waals surface area (Å²) in [7, 11) is 0. The molecule has 2 heterocycles. The van der Waals surface area contributed by atoms with Crippen molar-refractivity contribution < 1.29 is 9.53 Å². The van der Waals surface area contributed by atoms with Gasteiger partial charge in [0.25, 0.3) is 5.91 Å². The lowest BCUT2D eigenvalue weighted by Gasteiger charge is -2.14. The Balaban J connectivity index is 1.43. The van der Waals surface area contributed by atoms with Crippen LogP contribution in [-0.4, -0.2) is 37.4 Å². The van der Waals surface area contributed by atoms with Gasteiger partial charge in [0.1, 0.15) is 10.8 Å². The van der Waals surface area contributed by atoms with E-state index >= 15 is 0 Å². The van der Waals surface area contributed by atoms with E-state index in [2.05, 4.69) is 39.8 Å². The van der Waals surface area contributed by atoms with Crippen LogP contribution >= 0.6 is 23.6 Å². The van der Waals surface area contributed by atoms with Crippen molar-refractivity contribution in [3.05, 3.63) is 59.4 Å². The Hall–Kier alpha value is -3.37. The molecule has 0 spiro atoms. The highest BCUT2D eigenvalue weighted by Gasteiger charge is 2.15. The molecule has 0 saturated carbocycles. The maximum atomic E-state index is 12.6. The van der Waals surface area contributed by atoms with Crippen LogP contribution in [0.2, 0.25) is 0 Å². The Kier molecular flexibility index (Phi) is 6.66. The first kappa shape index (κ1) is 22.8. The van der Waals surface area contributed by atoms with Gasteiger partial charge in [-0.05, 0) is 67.9 Å². The maximum absolute atomic E-state index is 12.6. The Morgan fingerprint density at radius 3 is 2.61 bits per heavy atom. The molecule has 0 unspecified atom stereocenters. The molecule has 0 aliphatic carbocycles. The molecule has 0 fully saturated rings. The fraction of sp³-hybridized carbons (Fsp3) is 0.261. The smallest absolute Gasteiger partial charge is 0.257 e. The van der Waals surface area contributed by atoms with Crippen LogP contribution in [-0.2, 0) is 0 Å². The SMILES string of the molecule is Cc1c(NC(=S)NC(=O)c2ccc(OCC(C)C)cc2)cccc1-c1nn2c(C)nnc2s1. The summed E-state index contributed by atoms with van der Waals surface area (Å²) in [4.78, 5) is 13.3. The van der Waals surface area contributed by atoms with Crippen molar-refractivity contribution in [2.75, 3.05) is 11.9 Å². The van der Waals surface area contributed by atoms with Gasteiger partial charge >= 0.3 is 0 Å². The van der Waals surface area contributed by atoms with Gasteiger partial charge in [-0.1, -0.05) is 37.3 Å². The first-order valence-electron chi connectivity index (χ1n) is 10.5. The first-order valence-corrected chi connectivity index (χ1v) is 11.7. The number of carbonyl (C=O) groups is 1. The van der Waals surface area contributed by atoms with Crippen LogP contribution in [0.15, 0.2) is 42.5 Å². The zero-order chi connectivity index (χ0) is 23.5. The van der Waals surface area contributed by atoms with Gasteiger partial charge in [-0.25, -0.2) is 0 Å². The number of hydrogen-bond acceptors (Lipinski definition) is 7. The van der Waals surface area contributed by atoms with Crippen molar-refractivity contribution in [1.82, 2.24) is 25.1 Å². The maximum Gasteiger partial charge on any atom is 0.257 e. The number of aromatic nitrogens is 4. The van der Waals surface area contributed by atoms with E-state index in [1.165, 1.54) is 11.3 Å². The third kappa shape index (κ3) is 5.18. The molecular weight excluding hydrogens is 456 g/mol. The van der Waals surface area contributed by atoms with E-state index in [1.807, 2.05) is 32.0 Å². The standard InChI is InChI=1S/C23H24N6O2S2/c1-13(2)12-31-17-10-8-16(9-11-17)20(30)25-22(32)24-19-7-5-6-18(14(19)3)21-28-29-15(4)26-27-23(29)33-21/h5-11,13H,12H2,1-4H3,(H2,24,25,30,32). The Morgan fingerprint density at radius 1 is 1.15 bits per heavy atom. The fourth-order valence-electron chi connectivity index (χ4n) is 3.12. The van der Waals surface area contributed by atoms with E-state index < -0.39 is 0 Å². The Morgan fingerprint density at radius 2 is 1.91 bits per heavy atom. The summed E-state index contributed by atoms with van der Waals surface area (Å²) >= 11 is 6.85. The molecule has 2 aromatic carbocycles. The summed E-state index contributed by atoms with van der Waals surface area (Å²) in [6.45, 7) is 8.64. The van der Waals surface area contributed by atoms with E-state index in [4.69, 9.17) is 17.0 Å². The molecule has 0 aliphatic rings. The second-order valence-corrected chi connectivity index (χ2v) is 9.33. The number of carbonyl (C=O) groups excluding carboxylic acids is 1. The van der Waals surface area contributed by atoms with Gasteiger partial charge in [0.05, 0.1) is 6.61 Å². The molecule has 170 valence electrons. The second-order valence-electron chi connectivity index (χ2n) is 7.96. The number of thiocarbonyl (C=S) groups is 1. The van der Waals surface area contributed by atoms with E-state index in [0.29, 0.717) is 18.1 Å². The molecule has 0 atom stereocenters. The first-order chi connectivity index (χ1) is 15.8. The molecule has 0 saturated heterocycles. The topological polar surface area (TPSA) is 93.4 Å². The summed E-state index contributed by atoms with van der Waals surface area (Å²) in [5.41, 5.74) is 3.21. The number of ether oxygens (including phenoxy) is 1. The van der Waals surface area contributed by atoms with Gasteiger partial charge in [0.2, 0.25) is 4.96 Å². The van der Waals surface area contributed by atoms with Crippen LogP contribution in [0.3, 0.4) is 0 Å². The number of rotatable bonds is 6. The number of hydrogen-bond donors (Lipinski definition) is 2. The molecule has 2 N–H and O–H groups in total. The van der Waals surface area contributed by atoms with Gasteiger partial charge in [-0.3, -0.25) is 10.1 Å². The minimum Gasteiger partial charge on any atom is -0.493 e. The Bertz CT molecular complexity index is 1310. The van der Waals surface area contributed by atoms with E-state index in [1.54, 1.807) is 28.8 Å². The third-order valence-electron chi connectivity index (χ3n) is 4.89. The van der Waals surface area contributed by atoms with Crippen LogP contribution < -0.4 is 15.4 Å². The lowest BCUT2D eigenvalue weighted by Crippen LogP contribution is -2.34. The van der Waals surface area contributed by atoms with Crippen molar-refractivity contribution in [1.29, 1.82) is 0 Å². The molecule has 33 heavy (non-hydrogen) atoms. The molecule has 0 aliphatic heterocycles. The van der Waals surface area contributed by atoms with E-state index in [-0.39, 0.29) is 11.0 Å². The van der Waals surface area contributed by atoms with E-state index in [9.17, 15) is 4.79 Å². The predicted octanol–water partition coefficient (Wildman–Crippen LogP) is 4.63. The van der Waals surface area contributed by atoms with Gasteiger partial charge in [0, 0.05) is 16.8 Å². The molecule has 0 bridgehead atoms. The molecule has 10 heteroatoms. The Labute approximate surface area is 201 Å². The number of aryl methyl sites for hydroxylation is 1. The minimum absolute atomic E-state index is 0.217. The van der Waals surface area contributed by atoms with E-state index in [0.717, 1.165) is 38.4 Å². The number of fused-ring (bicyclic) bond motifs is 1. The lowest BCUT2D eigenvalue weighted by atomic mass is 10.1. The summed E-state index contributed by atoms with van der Waals surface area (Å²) < 4.78 is 7.39. The van der Waals surface area contributed by atoms with Crippen molar-refractivity contribution >= 4 is 45.2 Å². The molecule has 4 rings (SSSR count). The number of nitrogens with zero attached hydrogens (tertiary/aromatic N) is 4. The average molecular weight is 481 g/mol. The van der Waals surface area contributed by atoms with Crippen molar-refractivity contribution in [2.45, 2.75) is 27.7 Å². The largest absolute Gasteiger partial charge is 0.493 e. The van der Waals surface area contributed by atoms with Gasteiger partial charge in [0.15, 0.2) is 10.9 Å². The van der Waals surface area contributed by atoms with Crippen molar-refractivity contribution in [2.24, 2.45) is 5.92 Å². The van der Waals surface area contributed by atoms with Crippen LogP contribution in [0.25, 0.3) is 15.5 Å². The monoisotopic (exact) mass is 480 g/mol. The molecule has 0 radical (unpaired) electrons. The molecule has 1 amide bonds. The van der Waals surface area contributed by atoms with Gasteiger partial charge in [-0.2, -0.15) is 9.61 Å². The van der Waals surface area contributed by atoms with Crippen LogP contribution in [0, 0.1) is 19.8 Å². The van der Waals surface area contributed by atoms with Crippen LogP contribution in [0.1, 0.15) is 35.6 Å². The summed E-state index contributed by atoms with van der Waals surface area (Å²) in [6.07, 6.45) is 0. The van der Waals surface area contributed by atoms with Crippen LogP contribution in [0.4, 0.5) is 5.69 Å². The lowest BCUT2D eigenvalue weighted by molar-refractivity contribution is 0.0977. The molecule has 2 aromatic heterocycles. The summed E-state index contributed by atoms with van der Waals surface area (Å²) in [5, 5.41) is 19.7. The molecule has 4 aromatic rings. The van der Waals surface area contributed by atoms with Gasteiger partial charge < -0.3 is 10.1 Å². The predicted molar refractivity (Wildman–Crippen MR) is 134 cm³/mol. The number of anilines is 1. The highest BCUT2D eigenvalue weighted by Crippen LogP contribution is 2.31. The molecule has 8 nitrogen and oxygen atoms in total. The molecular formula is C23H24N6O2S2. The zero-order valence-corrected chi connectivity index (χ0v) is 20.4. The normalized spacial score (nSPS) is 11.1. The summed E-state index contributed by atoms with van der Waals surface area (Å²) in [5.74, 6) is 1.61. The minimum atomic E-state index is -0.291. The number of benzene rings is 2. The van der Waals surface area contributed by atoms with Crippen LogP contribution in [0.5, 0.6) is 5.75 Å². The van der Waals surface area contributed by atoms with Gasteiger partial charge in [-0.15, -0.1) is 10.2 Å². The van der Waals surface area contributed by atoms with Crippen molar-refractivity contribution in [3.63, 3.8) is 0 Å². The summed E-state index contributed by atoms with van der Waals surface area (Å²) in [6, 6.07) is 12.8.